The molecule has 1 aliphatic heterocycles. The smallest absolute Gasteiger partial charge is 0.0622 e. The third-order valence-corrected chi connectivity index (χ3v) is 2.56. The number of hydrogen-bond donors (Lipinski definition) is 0. The van der Waals surface area contributed by atoms with Gasteiger partial charge < -0.3 is 4.74 Å². The highest BCUT2D eigenvalue weighted by Crippen LogP contribution is 2.14. The van der Waals surface area contributed by atoms with Crippen molar-refractivity contribution in [3.8, 4) is 0 Å². The van der Waals surface area contributed by atoms with E-state index in [4.69, 9.17) is 4.74 Å². The minimum absolute atomic E-state index is 0.670. The Bertz CT molecular complexity index is 123. The van der Waals surface area contributed by atoms with Crippen molar-refractivity contribution in [2.24, 2.45) is 0 Å². The summed E-state index contributed by atoms with van der Waals surface area (Å²) < 4.78 is 5.47. The molecule has 0 aliphatic carbocycles. The van der Waals surface area contributed by atoms with Crippen molar-refractivity contribution in [1.29, 1.82) is 0 Å². The van der Waals surface area contributed by atoms with Gasteiger partial charge in [0.25, 0.3) is 0 Å². The van der Waals surface area contributed by atoms with Crippen LogP contribution < -0.4 is 0 Å². The molecular formula is C10H21NO. The van der Waals surface area contributed by atoms with Gasteiger partial charge in [-0.25, -0.2) is 0 Å². The highest BCUT2D eigenvalue weighted by molar-refractivity contribution is 4.77. The predicted molar refractivity (Wildman–Crippen MR) is 51.4 cm³/mol. The average molecular weight is 171 g/mol. The first kappa shape index (κ1) is 10.0. The van der Waals surface area contributed by atoms with Crippen molar-refractivity contribution in [3.63, 3.8) is 0 Å². The van der Waals surface area contributed by atoms with Gasteiger partial charge in [0.1, 0.15) is 0 Å². The molecule has 0 aromatic rings. The van der Waals surface area contributed by atoms with Crippen LogP contribution in [0.5, 0.6) is 0 Å². The van der Waals surface area contributed by atoms with Crippen LogP contribution in [0.4, 0.5) is 0 Å². The molecule has 0 saturated carbocycles. The summed E-state index contributed by atoms with van der Waals surface area (Å²) in [6, 6.07) is 1.34. The van der Waals surface area contributed by atoms with Crippen LogP contribution >= 0.6 is 0 Å². The van der Waals surface area contributed by atoms with E-state index in [2.05, 4.69) is 25.7 Å². The van der Waals surface area contributed by atoms with E-state index in [0.717, 1.165) is 19.8 Å². The van der Waals surface area contributed by atoms with Crippen molar-refractivity contribution in [2.75, 3.05) is 19.8 Å². The largest absolute Gasteiger partial charge is 0.378 e. The van der Waals surface area contributed by atoms with Crippen molar-refractivity contribution in [2.45, 2.75) is 45.7 Å². The van der Waals surface area contributed by atoms with Gasteiger partial charge in [-0.1, -0.05) is 13.3 Å². The lowest BCUT2D eigenvalue weighted by Crippen LogP contribution is -2.48. The molecule has 1 saturated heterocycles. The summed E-state index contributed by atoms with van der Waals surface area (Å²) in [6.07, 6.45) is 2.54. The van der Waals surface area contributed by atoms with Crippen LogP contribution in [-0.2, 0) is 4.74 Å². The summed E-state index contributed by atoms with van der Waals surface area (Å²) in [6.45, 7) is 9.75. The summed E-state index contributed by atoms with van der Waals surface area (Å²) in [7, 11) is 0. The van der Waals surface area contributed by atoms with Crippen molar-refractivity contribution < 1.29 is 4.74 Å². The molecule has 0 amide bonds. The molecule has 0 N–H and O–H groups in total. The van der Waals surface area contributed by atoms with E-state index >= 15 is 0 Å². The van der Waals surface area contributed by atoms with Gasteiger partial charge in [-0.05, 0) is 20.3 Å². The number of rotatable bonds is 3. The van der Waals surface area contributed by atoms with Crippen LogP contribution in [0.15, 0.2) is 0 Å². The molecule has 1 aliphatic rings. The van der Waals surface area contributed by atoms with Gasteiger partial charge in [0.15, 0.2) is 0 Å². The number of hydrogen-bond acceptors (Lipinski definition) is 2. The normalized spacial score (nSPS) is 26.5. The Labute approximate surface area is 75.9 Å². The van der Waals surface area contributed by atoms with Gasteiger partial charge in [-0.2, -0.15) is 0 Å². The van der Waals surface area contributed by atoms with Crippen LogP contribution in [0.25, 0.3) is 0 Å². The van der Waals surface area contributed by atoms with E-state index in [1.165, 1.54) is 12.8 Å². The second-order valence-corrected chi connectivity index (χ2v) is 3.85. The van der Waals surface area contributed by atoms with Gasteiger partial charge >= 0.3 is 0 Å². The minimum atomic E-state index is 0.670. The van der Waals surface area contributed by atoms with E-state index in [1.807, 2.05) is 0 Å². The summed E-state index contributed by atoms with van der Waals surface area (Å²) >= 11 is 0. The van der Waals surface area contributed by atoms with E-state index in [1.54, 1.807) is 0 Å². The quantitative estimate of drug-likeness (QED) is 0.643. The van der Waals surface area contributed by atoms with E-state index in [-0.39, 0.29) is 0 Å². The molecule has 1 atom stereocenters. The van der Waals surface area contributed by atoms with Crippen LogP contribution in [-0.4, -0.2) is 36.7 Å². The molecule has 0 bridgehead atoms. The second kappa shape index (κ2) is 4.83. The summed E-state index contributed by atoms with van der Waals surface area (Å²) in [4.78, 5) is 2.56. The number of ether oxygens (including phenoxy) is 1. The fraction of sp³-hybridized carbons (Fsp3) is 1.00. The minimum Gasteiger partial charge on any atom is -0.378 e. The first-order valence-corrected chi connectivity index (χ1v) is 5.09. The Morgan fingerprint density at radius 1 is 1.50 bits per heavy atom. The third-order valence-electron chi connectivity index (χ3n) is 2.56. The Morgan fingerprint density at radius 2 is 2.25 bits per heavy atom. The van der Waals surface area contributed by atoms with Gasteiger partial charge in [-0.3, -0.25) is 4.90 Å². The third kappa shape index (κ3) is 2.46. The molecule has 1 rings (SSSR count). The number of nitrogens with zero attached hydrogens (tertiary/aromatic N) is 1. The zero-order chi connectivity index (χ0) is 8.97. The molecule has 2 nitrogen and oxygen atoms in total. The molecule has 0 aromatic carbocycles. The molecule has 2 heteroatoms. The fourth-order valence-corrected chi connectivity index (χ4v) is 1.93. The van der Waals surface area contributed by atoms with E-state index in [0.29, 0.717) is 12.1 Å². The lowest BCUT2D eigenvalue weighted by atomic mass is 10.1. The molecule has 0 unspecified atom stereocenters. The molecule has 1 fully saturated rings. The standard InChI is InChI=1S/C10H21NO/c1-4-5-10-8-12-7-6-11(10)9(2)3/h9-10H,4-8H2,1-3H3/t10-/m0/s1. The van der Waals surface area contributed by atoms with Crippen LogP contribution in [0, 0.1) is 0 Å². The van der Waals surface area contributed by atoms with E-state index < -0.39 is 0 Å². The first-order valence-electron chi connectivity index (χ1n) is 5.09. The Hall–Kier alpha value is -0.0800. The molecule has 72 valence electrons. The van der Waals surface area contributed by atoms with Crippen molar-refractivity contribution in [3.05, 3.63) is 0 Å². The molecule has 12 heavy (non-hydrogen) atoms. The lowest BCUT2D eigenvalue weighted by Gasteiger charge is -2.38. The molecule has 0 aromatic heterocycles. The summed E-state index contributed by atoms with van der Waals surface area (Å²) in [5, 5.41) is 0. The highest BCUT2D eigenvalue weighted by atomic mass is 16.5. The van der Waals surface area contributed by atoms with E-state index in [9.17, 15) is 0 Å². The summed E-state index contributed by atoms with van der Waals surface area (Å²) in [5.41, 5.74) is 0. The average Bonchev–Trinajstić information content (AvgIpc) is 2.05. The molecule has 0 spiro atoms. The van der Waals surface area contributed by atoms with Gasteiger partial charge in [0.05, 0.1) is 13.2 Å². The maximum atomic E-state index is 5.47. The maximum absolute atomic E-state index is 5.47. The predicted octanol–water partition coefficient (Wildman–Crippen LogP) is 1.90. The first-order chi connectivity index (χ1) is 5.75. The monoisotopic (exact) mass is 171 g/mol. The lowest BCUT2D eigenvalue weighted by molar-refractivity contribution is -0.0250. The molecular weight excluding hydrogens is 150 g/mol. The van der Waals surface area contributed by atoms with Gasteiger partial charge in [0.2, 0.25) is 0 Å². The van der Waals surface area contributed by atoms with Gasteiger partial charge in [0, 0.05) is 18.6 Å². The van der Waals surface area contributed by atoms with Crippen LogP contribution in [0.3, 0.4) is 0 Å². The Balaban J connectivity index is 2.42. The van der Waals surface area contributed by atoms with Crippen molar-refractivity contribution in [1.82, 2.24) is 4.90 Å². The number of morpholine rings is 1. The Kier molecular flexibility index (Phi) is 4.02. The van der Waals surface area contributed by atoms with Crippen LogP contribution in [0.1, 0.15) is 33.6 Å². The van der Waals surface area contributed by atoms with Gasteiger partial charge in [-0.15, -0.1) is 0 Å². The molecule has 0 radical (unpaired) electrons. The second-order valence-electron chi connectivity index (χ2n) is 3.85. The summed E-state index contributed by atoms with van der Waals surface area (Å²) in [5.74, 6) is 0. The zero-order valence-electron chi connectivity index (χ0n) is 8.55. The molecule has 1 heterocycles. The van der Waals surface area contributed by atoms with Crippen LogP contribution in [0.2, 0.25) is 0 Å². The SMILES string of the molecule is CCC[C@H]1COCCN1C(C)C. The maximum Gasteiger partial charge on any atom is 0.0622 e. The Morgan fingerprint density at radius 3 is 2.83 bits per heavy atom. The topological polar surface area (TPSA) is 12.5 Å². The highest BCUT2D eigenvalue weighted by Gasteiger charge is 2.23. The fourth-order valence-electron chi connectivity index (χ4n) is 1.93. The van der Waals surface area contributed by atoms with Crippen molar-refractivity contribution >= 4 is 0 Å². The zero-order valence-corrected chi connectivity index (χ0v) is 8.55.